The third-order valence-corrected chi connectivity index (χ3v) is 2.83. The fourth-order valence-electron chi connectivity index (χ4n) is 1.57. The second-order valence-corrected chi connectivity index (χ2v) is 7.35. The van der Waals surface area contributed by atoms with Crippen LogP contribution < -0.4 is 10.1 Å². The molecule has 0 atom stereocenters. The van der Waals surface area contributed by atoms with Crippen LogP contribution in [0, 0.1) is 5.41 Å². The van der Waals surface area contributed by atoms with Gasteiger partial charge in [0.1, 0.15) is 11.6 Å². The summed E-state index contributed by atoms with van der Waals surface area (Å²) in [6, 6.07) is 1.88. The van der Waals surface area contributed by atoms with Gasteiger partial charge in [-0.3, -0.25) is 0 Å². The summed E-state index contributed by atoms with van der Waals surface area (Å²) in [5, 5.41) is 3.24. The van der Waals surface area contributed by atoms with E-state index in [1.54, 1.807) is 0 Å². The lowest BCUT2D eigenvalue weighted by molar-refractivity contribution is 0.235. The van der Waals surface area contributed by atoms with Crippen molar-refractivity contribution in [2.24, 2.45) is 5.41 Å². The third kappa shape index (κ3) is 5.76. The van der Waals surface area contributed by atoms with Gasteiger partial charge in [0.05, 0.1) is 6.61 Å². The molecular formula is C16H29N3O. The Bertz CT molecular complexity index is 430. The van der Waals surface area contributed by atoms with Crippen LogP contribution in [0.3, 0.4) is 0 Å². The van der Waals surface area contributed by atoms with E-state index in [-0.39, 0.29) is 10.8 Å². The van der Waals surface area contributed by atoms with Crippen LogP contribution in [0.25, 0.3) is 0 Å². The zero-order chi connectivity index (χ0) is 15.4. The lowest BCUT2D eigenvalue weighted by Gasteiger charge is -2.20. The molecule has 20 heavy (non-hydrogen) atoms. The highest BCUT2D eigenvalue weighted by Gasteiger charge is 2.20. The van der Waals surface area contributed by atoms with E-state index in [0.717, 1.165) is 24.6 Å². The van der Waals surface area contributed by atoms with Crippen molar-refractivity contribution < 1.29 is 4.74 Å². The molecular weight excluding hydrogens is 250 g/mol. The van der Waals surface area contributed by atoms with E-state index < -0.39 is 0 Å². The molecule has 1 aromatic heterocycles. The number of nitrogens with zero attached hydrogens (tertiary/aromatic N) is 2. The molecule has 0 aliphatic heterocycles. The van der Waals surface area contributed by atoms with E-state index in [9.17, 15) is 0 Å². The van der Waals surface area contributed by atoms with Crippen molar-refractivity contribution in [3.63, 3.8) is 0 Å². The van der Waals surface area contributed by atoms with Gasteiger partial charge in [-0.05, 0) is 18.8 Å². The minimum atomic E-state index is -0.0897. The fraction of sp³-hybridized carbons (Fsp3) is 0.750. The Balaban J connectivity index is 2.86. The molecule has 0 unspecified atom stereocenters. The molecule has 114 valence electrons. The maximum Gasteiger partial charge on any atom is 0.218 e. The van der Waals surface area contributed by atoms with Crippen molar-refractivity contribution in [3.05, 3.63) is 11.9 Å². The lowest BCUT2D eigenvalue weighted by Crippen LogP contribution is -2.18. The first-order valence-corrected chi connectivity index (χ1v) is 7.38. The topological polar surface area (TPSA) is 47.0 Å². The smallest absolute Gasteiger partial charge is 0.218 e. The summed E-state index contributed by atoms with van der Waals surface area (Å²) < 4.78 is 5.81. The maximum absolute atomic E-state index is 5.81. The molecule has 0 saturated carbocycles. The van der Waals surface area contributed by atoms with E-state index in [1.165, 1.54) is 0 Å². The van der Waals surface area contributed by atoms with E-state index in [1.807, 2.05) is 6.07 Å². The van der Waals surface area contributed by atoms with Crippen LogP contribution >= 0.6 is 0 Å². The zero-order valence-electron chi connectivity index (χ0n) is 14.0. The van der Waals surface area contributed by atoms with E-state index in [4.69, 9.17) is 4.74 Å². The molecule has 0 amide bonds. The maximum atomic E-state index is 5.81. The Hall–Kier alpha value is -1.32. The van der Waals surface area contributed by atoms with Gasteiger partial charge >= 0.3 is 0 Å². The molecule has 1 aromatic rings. The van der Waals surface area contributed by atoms with Crippen LogP contribution in [0.5, 0.6) is 5.88 Å². The minimum absolute atomic E-state index is 0.0897. The van der Waals surface area contributed by atoms with Crippen LogP contribution in [-0.2, 0) is 5.41 Å². The largest absolute Gasteiger partial charge is 0.478 e. The first-order valence-electron chi connectivity index (χ1n) is 7.38. The molecule has 0 aliphatic carbocycles. The average Bonchev–Trinajstić information content (AvgIpc) is 2.26. The van der Waals surface area contributed by atoms with E-state index >= 15 is 0 Å². The Labute approximate surface area is 123 Å². The highest BCUT2D eigenvalue weighted by Crippen LogP contribution is 2.24. The quantitative estimate of drug-likeness (QED) is 0.884. The van der Waals surface area contributed by atoms with Gasteiger partial charge in [0.2, 0.25) is 5.88 Å². The number of nitrogens with one attached hydrogen (secondary N) is 1. The Kier molecular flexibility index (Phi) is 5.37. The molecule has 4 nitrogen and oxygen atoms in total. The number of rotatable bonds is 5. The molecule has 0 aliphatic rings. The molecule has 1 N–H and O–H groups in total. The first kappa shape index (κ1) is 16.7. The summed E-state index contributed by atoms with van der Waals surface area (Å²) in [5.41, 5.74) is 0.179. The lowest BCUT2D eigenvalue weighted by atomic mass is 9.93. The van der Waals surface area contributed by atoms with Crippen LogP contribution in [0.15, 0.2) is 6.07 Å². The molecule has 0 radical (unpaired) electrons. The summed E-state index contributed by atoms with van der Waals surface area (Å²) >= 11 is 0. The average molecular weight is 279 g/mol. The molecule has 1 heterocycles. The van der Waals surface area contributed by atoms with Gasteiger partial charge in [0.25, 0.3) is 0 Å². The number of ether oxygens (including phenoxy) is 1. The second kappa shape index (κ2) is 6.42. The summed E-state index contributed by atoms with van der Waals surface area (Å²) in [6.45, 7) is 16.5. The molecule has 4 heteroatoms. The molecule has 1 rings (SSSR count). The normalized spacial score (nSPS) is 12.3. The summed E-state index contributed by atoms with van der Waals surface area (Å²) in [4.78, 5) is 9.08. The van der Waals surface area contributed by atoms with Crippen LogP contribution in [-0.4, -0.2) is 23.1 Å². The molecule has 0 aromatic carbocycles. The van der Waals surface area contributed by atoms with Gasteiger partial charge in [-0.15, -0.1) is 0 Å². The fourth-order valence-corrected chi connectivity index (χ4v) is 1.57. The Morgan fingerprint density at radius 3 is 2.25 bits per heavy atom. The molecule has 0 bridgehead atoms. The first-order chi connectivity index (χ1) is 9.12. The standard InChI is InChI=1S/C16H29N3O/c1-8-17-12-11-13(20-10-9-15(2,3)4)19-14(18-12)16(5,6)7/h11H,8-10H2,1-7H3,(H,17,18,19). The molecule has 0 spiro atoms. The number of aromatic nitrogens is 2. The van der Waals surface area contributed by atoms with Crippen LogP contribution in [0.1, 0.15) is 60.7 Å². The predicted octanol–water partition coefficient (Wildman–Crippen LogP) is 4.02. The second-order valence-electron chi connectivity index (χ2n) is 7.35. The van der Waals surface area contributed by atoms with Crippen molar-refractivity contribution in [2.45, 2.75) is 60.3 Å². The van der Waals surface area contributed by atoms with E-state index in [0.29, 0.717) is 12.5 Å². The van der Waals surface area contributed by atoms with Gasteiger partial charge in [0, 0.05) is 18.0 Å². The highest BCUT2D eigenvalue weighted by molar-refractivity contribution is 5.39. The summed E-state index contributed by atoms with van der Waals surface area (Å²) in [5.74, 6) is 2.30. The minimum Gasteiger partial charge on any atom is -0.478 e. The van der Waals surface area contributed by atoms with Gasteiger partial charge in [-0.1, -0.05) is 41.5 Å². The summed E-state index contributed by atoms with van der Waals surface area (Å²) in [7, 11) is 0. The monoisotopic (exact) mass is 279 g/mol. The van der Waals surface area contributed by atoms with Crippen molar-refractivity contribution in [3.8, 4) is 5.88 Å². The van der Waals surface area contributed by atoms with Crippen molar-refractivity contribution in [1.82, 2.24) is 9.97 Å². The van der Waals surface area contributed by atoms with Crippen LogP contribution in [0.2, 0.25) is 0 Å². The molecule has 0 saturated heterocycles. The van der Waals surface area contributed by atoms with E-state index in [2.05, 4.69) is 63.8 Å². The third-order valence-electron chi connectivity index (χ3n) is 2.83. The highest BCUT2D eigenvalue weighted by atomic mass is 16.5. The number of hydrogen-bond donors (Lipinski definition) is 1. The van der Waals surface area contributed by atoms with Gasteiger partial charge < -0.3 is 10.1 Å². The number of anilines is 1. The predicted molar refractivity (Wildman–Crippen MR) is 84.5 cm³/mol. The molecule has 0 fully saturated rings. The van der Waals surface area contributed by atoms with Crippen molar-refractivity contribution in [2.75, 3.05) is 18.5 Å². The van der Waals surface area contributed by atoms with Gasteiger partial charge in [0.15, 0.2) is 0 Å². The Morgan fingerprint density at radius 1 is 1.10 bits per heavy atom. The van der Waals surface area contributed by atoms with Gasteiger partial charge in [-0.2, -0.15) is 4.98 Å². The SMILES string of the molecule is CCNc1cc(OCCC(C)(C)C)nc(C(C)(C)C)n1. The van der Waals surface area contributed by atoms with Crippen LogP contribution in [0.4, 0.5) is 5.82 Å². The van der Waals surface area contributed by atoms with Crippen molar-refractivity contribution in [1.29, 1.82) is 0 Å². The number of hydrogen-bond acceptors (Lipinski definition) is 4. The zero-order valence-corrected chi connectivity index (χ0v) is 14.0. The summed E-state index contributed by atoms with van der Waals surface area (Å²) in [6.07, 6.45) is 0.998. The van der Waals surface area contributed by atoms with Gasteiger partial charge in [-0.25, -0.2) is 4.98 Å². The Morgan fingerprint density at radius 2 is 1.75 bits per heavy atom. The van der Waals surface area contributed by atoms with Crippen molar-refractivity contribution >= 4 is 5.82 Å².